The maximum absolute atomic E-state index is 13.6. The molecule has 0 spiro atoms. The second-order valence-electron chi connectivity index (χ2n) is 9.23. The lowest BCUT2D eigenvalue weighted by Crippen LogP contribution is -2.56. The smallest absolute Gasteiger partial charge is 0.333 e. The molecule has 164 valence electrons. The summed E-state index contributed by atoms with van der Waals surface area (Å²) in [5, 5.41) is 0. The number of rotatable bonds is 4. The number of ketones is 1. The number of hydrogen-bond acceptors (Lipinski definition) is 6. The van der Waals surface area contributed by atoms with Gasteiger partial charge >= 0.3 is 11.9 Å². The van der Waals surface area contributed by atoms with Crippen LogP contribution in [0.25, 0.3) is 0 Å². The highest BCUT2D eigenvalue weighted by molar-refractivity contribution is 6.00. The van der Waals surface area contributed by atoms with E-state index in [4.69, 9.17) is 13.9 Å². The normalized spacial score (nSPS) is 31.2. The van der Waals surface area contributed by atoms with E-state index in [1.807, 2.05) is 13.8 Å². The highest BCUT2D eigenvalue weighted by atomic mass is 16.6. The summed E-state index contributed by atoms with van der Waals surface area (Å²) in [5.41, 5.74) is 1.22. The number of furan rings is 1. The molecule has 0 radical (unpaired) electrons. The number of hydrogen-bond donors (Lipinski definition) is 0. The lowest BCUT2D eigenvalue weighted by Gasteiger charge is -2.53. The van der Waals surface area contributed by atoms with Crippen molar-refractivity contribution in [2.75, 3.05) is 0 Å². The Morgan fingerprint density at radius 1 is 1.27 bits per heavy atom. The predicted octanol–water partition coefficient (Wildman–Crippen LogP) is 4.96. The highest BCUT2D eigenvalue weighted by Crippen LogP contribution is 2.60. The number of ether oxygens (including phenoxy) is 2. The minimum absolute atomic E-state index is 0.0802. The summed E-state index contributed by atoms with van der Waals surface area (Å²) in [4.78, 5) is 38.7. The topological polar surface area (TPSA) is 82.8 Å². The van der Waals surface area contributed by atoms with Gasteiger partial charge in [-0.1, -0.05) is 33.8 Å². The first-order valence-corrected chi connectivity index (χ1v) is 10.7. The van der Waals surface area contributed by atoms with Crippen LogP contribution >= 0.6 is 0 Å². The standard InChI is InChI=1S/C24H32O6/c1-8-13(4)23(27)29-16-10-9-15(6)24(7)18(16)19(25)20-17(14(5)11-28-20)21(24)30-22(26)12(2)3/h8,11-12,15-16,18,21H,9-10H2,1-7H3. The van der Waals surface area contributed by atoms with E-state index < -0.39 is 29.5 Å². The molecule has 1 heterocycles. The Kier molecular flexibility index (Phi) is 5.99. The third kappa shape index (κ3) is 3.40. The molecule has 6 heteroatoms. The molecule has 2 aliphatic rings. The van der Waals surface area contributed by atoms with Crippen molar-refractivity contribution in [3.8, 4) is 0 Å². The van der Waals surface area contributed by atoms with E-state index in [0.717, 1.165) is 12.0 Å². The predicted molar refractivity (Wildman–Crippen MR) is 111 cm³/mol. The van der Waals surface area contributed by atoms with Gasteiger partial charge in [0.25, 0.3) is 0 Å². The first-order chi connectivity index (χ1) is 14.0. The van der Waals surface area contributed by atoms with Gasteiger partial charge in [-0.05, 0) is 45.1 Å². The van der Waals surface area contributed by atoms with Crippen LogP contribution in [-0.2, 0) is 19.1 Å². The van der Waals surface area contributed by atoms with Crippen molar-refractivity contribution in [3.63, 3.8) is 0 Å². The lowest BCUT2D eigenvalue weighted by atomic mass is 9.53. The Morgan fingerprint density at radius 2 is 1.93 bits per heavy atom. The monoisotopic (exact) mass is 416 g/mol. The maximum atomic E-state index is 13.6. The average Bonchev–Trinajstić information content (AvgIpc) is 3.08. The molecule has 1 fully saturated rings. The van der Waals surface area contributed by atoms with Gasteiger partial charge in [0.15, 0.2) is 5.76 Å². The molecule has 0 aromatic carbocycles. The fourth-order valence-corrected chi connectivity index (χ4v) is 4.81. The fraction of sp³-hybridized carbons (Fsp3) is 0.625. The molecule has 6 nitrogen and oxygen atoms in total. The van der Waals surface area contributed by atoms with Gasteiger partial charge in [0, 0.05) is 16.6 Å². The van der Waals surface area contributed by atoms with Crippen molar-refractivity contribution < 1.29 is 28.3 Å². The van der Waals surface area contributed by atoms with E-state index in [0.29, 0.717) is 17.6 Å². The minimum atomic E-state index is -0.712. The van der Waals surface area contributed by atoms with E-state index in [2.05, 4.69) is 6.92 Å². The van der Waals surface area contributed by atoms with Crippen LogP contribution in [0.1, 0.15) is 82.2 Å². The Bertz CT molecular complexity index is 892. The quantitative estimate of drug-likeness (QED) is 0.510. The maximum Gasteiger partial charge on any atom is 0.333 e. The molecule has 5 unspecified atom stereocenters. The third-order valence-electron chi connectivity index (χ3n) is 7.06. The molecule has 0 aliphatic heterocycles. The molecule has 0 bridgehead atoms. The summed E-state index contributed by atoms with van der Waals surface area (Å²) in [7, 11) is 0. The van der Waals surface area contributed by atoms with Gasteiger partial charge in [-0.2, -0.15) is 0 Å². The van der Waals surface area contributed by atoms with Gasteiger partial charge in [0.05, 0.1) is 18.1 Å². The molecule has 1 aromatic rings. The summed E-state index contributed by atoms with van der Waals surface area (Å²) in [6.45, 7) is 13.0. The third-order valence-corrected chi connectivity index (χ3v) is 7.06. The number of esters is 2. The lowest BCUT2D eigenvalue weighted by molar-refractivity contribution is -0.182. The minimum Gasteiger partial charge on any atom is -0.460 e. The second-order valence-corrected chi connectivity index (χ2v) is 9.23. The van der Waals surface area contributed by atoms with E-state index in [-0.39, 0.29) is 29.3 Å². The van der Waals surface area contributed by atoms with Gasteiger partial charge in [0.1, 0.15) is 12.2 Å². The van der Waals surface area contributed by atoms with Crippen LogP contribution < -0.4 is 0 Å². The largest absolute Gasteiger partial charge is 0.460 e. The van der Waals surface area contributed by atoms with Crippen LogP contribution in [0.3, 0.4) is 0 Å². The van der Waals surface area contributed by atoms with Crippen LogP contribution in [-0.4, -0.2) is 23.8 Å². The van der Waals surface area contributed by atoms with Crippen LogP contribution in [0.5, 0.6) is 0 Å². The highest BCUT2D eigenvalue weighted by Gasteiger charge is 2.62. The number of aryl methyl sites for hydroxylation is 1. The molecule has 0 N–H and O–H groups in total. The number of Topliss-reactive ketones (excluding diaryl/α,β-unsaturated/α-hetero) is 1. The summed E-state index contributed by atoms with van der Waals surface area (Å²) in [5.74, 6) is -1.57. The molecule has 1 saturated carbocycles. The van der Waals surface area contributed by atoms with Crippen molar-refractivity contribution in [1.82, 2.24) is 0 Å². The number of carbonyl (C=O) groups is 3. The SMILES string of the molecule is CC=C(C)C(=O)OC1CCC(C)C2(C)C(OC(=O)C(C)C)c3c(C)coc3C(=O)C12. The second kappa shape index (κ2) is 8.05. The van der Waals surface area contributed by atoms with Crippen LogP contribution in [0.15, 0.2) is 22.3 Å². The van der Waals surface area contributed by atoms with Crippen molar-refractivity contribution >= 4 is 17.7 Å². The number of allylic oxidation sites excluding steroid dienone is 1. The first-order valence-electron chi connectivity index (χ1n) is 10.7. The molecule has 3 rings (SSSR count). The van der Waals surface area contributed by atoms with Crippen LogP contribution in [0.4, 0.5) is 0 Å². The van der Waals surface area contributed by atoms with Gasteiger partial charge in [-0.15, -0.1) is 0 Å². The van der Waals surface area contributed by atoms with E-state index in [9.17, 15) is 14.4 Å². The molecule has 1 aromatic heterocycles. The van der Waals surface area contributed by atoms with Crippen LogP contribution in [0.2, 0.25) is 0 Å². The van der Waals surface area contributed by atoms with Crippen molar-refractivity contribution in [3.05, 3.63) is 34.8 Å². The summed E-state index contributed by atoms with van der Waals surface area (Å²) in [6.07, 6.45) is 3.33. The Balaban J connectivity index is 2.11. The summed E-state index contributed by atoms with van der Waals surface area (Å²) < 4.78 is 17.5. The molecular weight excluding hydrogens is 384 g/mol. The average molecular weight is 417 g/mol. The number of carbonyl (C=O) groups excluding carboxylic acids is 3. The molecular formula is C24H32O6. The van der Waals surface area contributed by atoms with E-state index in [1.54, 1.807) is 33.8 Å². The van der Waals surface area contributed by atoms with Crippen molar-refractivity contribution in [2.45, 2.75) is 73.5 Å². The molecule has 5 atom stereocenters. The van der Waals surface area contributed by atoms with Crippen LogP contribution in [0, 0.1) is 30.1 Å². The first kappa shape index (κ1) is 22.3. The molecule has 2 aliphatic carbocycles. The molecule has 0 saturated heterocycles. The Labute approximate surface area is 178 Å². The summed E-state index contributed by atoms with van der Waals surface area (Å²) in [6, 6.07) is 0. The zero-order valence-corrected chi connectivity index (χ0v) is 18.9. The van der Waals surface area contributed by atoms with Gasteiger partial charge in [0.2, 0.25) is 5.78 Å². The zero-order chi connectivity index (χ0) is 22.4. The number of fused-ring (bicyclic) bond motifs is 2. The Morgan fingerprint density at radius 3 is 2.53 bits per heavy atom. The van der Waals surface area contributed by atoms with Crippen molar-refractivity contribution in [2.24, 2.45) is 23.2 Å². The van der Waals surface area contributed by atoms with Crippen molar-refractivity contribution in [1.29, 1.82) is 0 Å². The fourth-order valence-electron chi connectivity index (χ4n) is 4.81. The van der Waals surface area contributed by atoms with Gasteiger partial charge in [-0.25, -0.2) is 4.79 Å². The molecule has 30 heavy (non-hydrogen) atoms. The van der Waals surface area contributed by atoms with E-state index in [1.165, 1.54) is 6.26 Å². The molecule has 0 amide bonds. The Hall–Kier alpha value is -2.37. The zero-order valence-electron chi connectivity index (χ0n) is 18.9. The van der Waals surface area contributed by atoms with Gasteiger partial charge < -0.3 is 13.9 Å². The summed E-state index contributed by atoms with van der Waals surface area (Å²) >= 11 is 0. The van der Waals surface area contributed by atoms with E-state index >= 15 is 0 Å². The van der Waals surface area contributed by atoms with Gasteiger partial charge in [-0.3, -0.25) is 9.59 Å².